The first-order valence-corrected chi connectivity index (χ1v) is 13.8. The molecule has 3 aliphatic rings. The molecular formula is C30H47NO4. The van der Waals surface area contributed by atoms with Gasteiger partial charge in [0.2, 0.25) is 5.91 Å². The molecule has 0 saturated heterocycles. The van der Waals surface area contributed by atoms with Crippen molar-refractivity contribution in [3.8, 4) is 0 Å². The van der Waals surface area contributed by atoms with E-state index in [1.54, 1.807) is 5.57 Å². The van der Waals surface area contributed by atoms with E-state index in [9.17, 15) is 15.0 Å². The number of amides is 1. The number of fused-ring (bicyclic) bond motifs is 1. The molecule has 0 aliphatic heterocycles. The van der Waals surface area contributed by atoms with Gasteiger partial charge in [-0.2, -0.15) is 0 Å². The van der Waals surface area contributed by atoms with E-state index >= 15 is 0 Å². The molecule has 3 rings (SSSR count). The van der Waals surface area contributed by atoms with Gasteiger partial charge in [-0.25, -0.2) is 9.90 Å². The quantitative estimate of drug-likeness (QED) is 0.221. The van der Waals surface area contributed by atoms with Gasteiger partial charge in [-0.15, -0.1) is 0 Å². The van der Waals surface area contributed by atoms with E-state index in [1.807, 2.05) is 6.08 Å². The Morgan fingerprint density at radius 3 is 2.57 bits per heavy atom. The third-order valence-corrected chi connectivity index (χ3v) is 8.54. The first-order valence-electron chi connectivity index (χ1n) is 13.8. The van der Waals surface area contributed by atoms with E-state index in [1.165, 1.54) is 30.4 Å². The highest BCUT2D eigenvalue weighted by atomic mass is 16.8. The maximum absolute atomic E-state index is 12.5. The van der Waals surface area contributed by atoms with Crippen LogP contribution in [0.3, 0.4) is 0 Å². The molecule has 5 heteroatoms. The minimum Gasteiger partial charge on any atom is -0.388 e. The molecule has 3 aliphatic carbocycles. The Morgan fingerprint density at radius 1 is 1.29 bits per heavy atom. The lowest BCUT2D eigenvalue weighted by Gasteiger charge is -2.42. The zero-order valence-electron chi connectivity index (χ0n) is 22.6. The topological polar surface area (TPSA) is 70.0 Å². The molecule has 2 fully saturated rings. The Balaban J connectivity index is 1.83. The summed E-state index contributed by atoms with van der Waals surface area (Å²) in [4.78, 5) is 18.5. The van der Waals surface area contributed by atoms with Crippen LogP contribution < -0.4 is 0 Å². The van der Waals surface area contributed by atoms with E-state index in [0.29, 0.717) is 11.5 Å². The lowest BCUT2D eigenvalue weighted by Crippen LogP contribution is -2.51. The average Bonchev–Trinajstić information content (AvgIpc) is 3.15. The second-order valence-electron chi connectivity index (χ2n) is 11.1. The van der Waals surface area contributed by atoms with Crippen LogP contribution in [0.1, 0.15) is 105 Å². The van der Waals surface area contributed by atoms with E-state index in [2.05, 4.69) is 46.4 Å². The SMILES string of the molecule is C=C1C(=CC=C2CCC[C@]3(C)C(CC)=CC[C@@H]23)C[C@](O)(ON(C(C)=O)C(CCC)CCC)C[C@@H]1O. The Bertz CT molecular complexity index is 881. The molecule has 0 radical (unpaired) electrons. The average molecular weight is 486 g/mol. The number of rotatable bonds is 9. The molecular weight excluding hydrogens is 438 g/mol. The zero-order valence-corrected chi connectivity index (χ0v) is 22.6. The highest BCUT2D eigenvalue weighted by Crippen LogP contribution is 2.55. The van der Waals surface area contributed by atoms with Crippen molar-refractivity contribution in [2.24, 2.45) is 11.3 Å². The Kier molecular flexibility index (Phi) is 9.22. The van der Waals surface area contributed by atoms with Crippen molar-refractivity contribution in [3.05, 3.63) is 47.1 Å². The summed E-state index contributed by atoms with van der Waals surface area (Å²) < 4.78 is 0. The minimum absolute atomic E-state index is 0.00102. The largest absolute Gasteiger partial charge is 0.388 e. The van der Waals surface area contributed by atoms with Crippen molar-refractivity contribution in [1.29, 1.82) is 0 Å². The van der Waals surface area contributed by atoms with E-state index in [-0.39, 0.29) is 30.2 Å². The molecule has 0 heterocycles. The lowest BCUT2D eigenvalue weighted by atomic mass is 9.64. The number of carbonyl (C=O) groups excluding carboxylic acids is 1. The minimum atomic E-state index is -1.65. The van der Waals surface area contributed by atoms with Crippen LogP contribution in [0.4, 0.5) is 0 Å². The van der Waals surface area contributed by atoms with Crippen LogP contribution in [-0.4, -0.2) is 39.1 Å². The van der Waals surface area contributed by atoms with Gasteiger partial charge in [0.25, 0.3) is 0 Å². The molecule has 4 atom stereocenters. The molecule has 2 N–H and O–H groups in total. The van der Waals surface area contributed by atoms with E-state index < -0.39 is 11.9 Å². The fraction of sp³-hybridized carbons (Fsp3) is 0.700. The third kappa shape index (κ3) is 6.00. The van der Waals surface area contributed by atoms with E-state index in [0.717, 1.165) is 50.5 Å². The number of allylic oxidation sites excluding steroid dienone is 5. The molecule has 0 spiro atoms. The Morgan fingerprint density at radius 2 is 1.97 bits per heavy atom. The van der Waals surface area contributed by atoms with Gasteiger partial charge in [-0.3, -0.25) is 4.79 Å². The maximum atomic E-state index is 12.5. The van der Waals surface area contributed by atoms with Crippen molar-refractivity contribution < 1.29 is 19.8 Å². The number of hydroxylamine groups is 2. The van der Waals surface area contributed by atoms with Crippen LogP contribution in [0.5, 0.6) is 0 Å². The lowest BCUT2D eigenvalue weighted by molar-refractivity contribution is -0.336. The predicted octanol–water partition coefficient (Wildman–Crippen LogP) is 6.53. The molecule has 0 aromatic rings. The highest BCUT2D eigenvalue weighted by molar-refractivity contribution is 5.72. The normalized spacial score (nSPS) is 33.4. The van der Waals surface area contributed by atoms with Crippen LogP contribution in [0, 0.1) is 11.3 Å². The first-order chi connectivity index (χ1) is 16.6. The van der Waals surface area contributed by atoms with Gasteiger partial charge in [-0.1, -0.05) is 76.5 Å². The highest BCUT2D eigenvalue weighted by Gasteiger charge is 2.45. The third-order valence-electron chi connectivity index (χ3n) is 8.54. The van der Waals surface area contributed by atoms with Crippen LogP contribution >= 0.6 is 0 Å². The number of nitrogens with zero attached hydrogens (tertiary/aromatic N) is 1. The van der Waals surface area contributed by atoms with Crippen molar-refractivity contribution in [1.82, 2.24) is 5.06 Å². The summed E-state index contributed by atoms with van der Waals surface area (Å²) in [5.41, 5.74) is 4.69. The summed E-state index contributed by atoms with van der Waals surface area (Å²) in [5.74, 6) is -1.35. The van der Waals surface area contributed by atoms with Gasteiger partial charge in [0, 0.05) is 19.8 Å². The van der Waals surface area contributed by atoms with Crippen LogP contribution in [0.2, 0.25) is 0 Å². The molecule has 5 nitrogen and oxygen atoms in total. The fourth-order valence-electron chi connectivity index (χ4n) is 6.64. The van der Waals surface area contributed by atoms with Gasteiger partial charge in [0.05, 0.1) is 12.1 Å². The van der Waals surface area contributed by atoms with Crippen molar-refractivity contribution >= 4 is 5.91 Å². The summed E-state index contributed by atoms with van der Waals surface area (Å²) in [6.07, 6.45) is 15.1. The van der Waals surface area contributed by atoms with Gasteiger partial charge < -0.3 is 10.2 Å². The molecule has 2 saturated carbocycles. The van der Waals surface area contributed by atoms with Crippen LogP contribution in [0.15, 0.2) is 47.1 Å². The standard InChI is InChI=1S/C30H47NO4/c1-7-11-26(12-8-2)31(22(5)32)35-30(34)19-24(21(4)28(33)20-30)15-14-23-13-10-18-29(6)25(9-3)16-17-27(23)29/h14-16,26-28,33-34H,4,7-13,17-20H2,1-3,5-6H3/t27-,28-,29+,30-/m0/s1. The summed E-state index contributed by atoms with van der Waals surface area (Å²) in [7, 11) is 0. The van der Waals surface area contributed by atoms with Gasteiger partial charge in [-0.05, 0) is 67.4 Å². The van der Waals surface area contributed by atoms with Crippen LogP contribution in [-0.2, 0) is 9.63 Å². The summed E-state index contributed by atoms with van der Waals surface area (Å²) in [5, 5.41) is 23.6. The number of carbonyl (C=O) groups is 1. The summed E-state index contributed by atoms with van der Waals surface area (Å²) in [6, 6.07) is -0.0918. The second kappa shape index (κ2) is 11.6. The van der Waals surface area contributed by atoms with Crippen LogP contribution in [0.25, 0.3) is 0 Å². The van der Waals surface area contributed by atoms with Crippen molar-refractivity contribution in [2.45, 2.75) is 123 Å². The predicted molar refractivity (Wildman–Crippen MR) is 141 cm³/mol. The van der Waals surface area contributed by atoms with E-state index in [4.69, 9.17) is 4.84 Å². The summed E-state index contributed by atoms with van der Waals surface area (Å²) in [6.45, 7) is 14.4. The monoisotopic (exact) mass is 485 g/mol. The van der Waals surface area contributed by atoms with Gasteiger partial charge in [0.1, 0.15) is 0 Å². The van der Waals surface area contributed by atoms with Crippen molar-refractivity contribution in [2.75, 3.05) is 0 Å². The molecule has 35 heavy (non-hydrogen) atoms. The number of hydrogen-bond acceptors (Lipinski definition) is 4. The second-order valence-corrected chi connectivity index (χ2v) is 11.1. The molecule has 0 bridgehead atoms. The number of aliphatic hydroxyl groups is 2. The number of hydrogen-bond donors (Lipinski definition) is 2. The number of aliphatic hydroxyl groups excluding tert-OH is 1. The molecule has 0 aromatic heterocycles. The van der Waals surface area contributed by atoms with Crippen molar-refractivity contribution in [3.63, 3.8) is 0 Å². The molecule has 0 aromatic carbocycles. The maximum Gasteiger partial charge on any atom is 0.243 e. The molecule has 0 unspecified atom stereocenters. The zero-order chi connectivity index (χ0) is 25.8. The molecule has 196 valence electrons. The van der Waals surface area contributed by atoms with Gasteiger partial charge in [0.15, 0.2) is 5.79 Å². The smallest absolute Gasteiger partial charge is 0.243 e. The molecule has 1 amide bonds. The van der Waals surface area contributed by atoms with Gasteiger partial charge >= 0.3 is 0 Å². The Hall–Kier alpha value is -1.69. The Labute approximate surface area is 212 Å². The summed E-state index contributed by atoms with van der Waals surface area (Å²) >= 11 is 0. The first kappa shape index (κ1) is 27.9. The fourth-order valence-corrected chi connectivity index (χ4v) is 6.64.